The molecule has 104 valence electrons. The molecule has 2 rings (SSSR count). The van der Waals surface area contributed by atoms with Gasteiger partial charge in [-0.25, -0.2) is 4.98 Å². The summed E-state index contributed by atoms with van der Waals surface area (Å²) in [5.74, 6) is 0.686. The van der Waals surface area contributed by atoms with Crippen molar-refractivity contribution in [1.82, 2.24) is 10.3 Å². The Labute approximate surface area is 112 Å². The van der Waals surface area contributed by atoms with E-state index in [9.17, 15) is 10.1 Å². The monoisotopic (exact) mass is 265 g/mol. The predicted octanol–water partition coefficient (Wildman–Crippen LogP) is 1.15. The lowest BCUT2D eigenvalue weighted by molar-refractivity contribution is -0.384. The molecule has 2 heterocycles. The Kier molecular flexibility index (Phi) is 3.57. The van der Waals surface area contributed by atoms with Crippen molar-refractivity contribution in [2.75, 3.05) is 30.8 Å². The lowest BCUT2D eigenvalue weighted by Gasteiger charge is -2.39. The van der Waals surface area contributed by atoms with E-state index in [2.05, 4.69) is 22.1 Å². The van der Waals surface area contributed by atoms with E-state index in [0.29, 0.717) is 5.82 Å². The summed E-state index contributed by atoms with van der Waals surface area (Å²) in [6, 6.07) is 3.08. The van der Waals surface area contributed by atoms with Crippen LogP contribution < -0.4 is 16.0 Å². The SMILES string of the molecule is CNC1(C)CCN(c2ccc([N+](=O)[O-])c(N)n2)CC1. The largest absolute Gasteiger partial charge is 0.378 e. The van der Waals surface area contributed by atoms with Crippen molar-refractivity contribution in [2.24, 2.45) is 0 Å². The number of rotatable bonds is 3. The Balaban J connectivity index is 2.12. The molecule has 0 saturated carbocycles. The van der Waals surface area contributed by atoms with E-state index in [1.807, 2.05) is 7.05 Å². The van der Waals surface area contributed by atoms with Crippen LogP contribution in [0.1, 0.15) is 19.8 Å². The fraction of sp³-hybridized carbons (Fsp3) is 0.583. The first-order chi connectivity index (χ1) is 8.95. The maximum Gasteiger partial charge on any atom is 0.311 e. The van der Waals surface area contributed by atoms with E-state index in [0.717, 1.165) is 25.9 Å². The number of pyridine rings is 1. The summed E-state index contributed by atoms with van der Waals surface area (Å²) in [5, 5.41) is 14.0. The third-order valence-electron chi connectivity index (χ3n) is 3.88. The Bertz CT molecular complexity index is 483. The molecule has 7 heteroatoms. The number of nitro groups is 1. The Morgan fingerprint density at radius 3 is 2.58 bits per heavy atom. The maximum atomic E-state index is 10.7. The zero-order valence-corrected chi connectivity index (χ0v) is 11.2. The number of piperidine rings is 1. The topological polar surface area (TPSA) is 97.3 Å². The molecule has 0 bridgehead atoms. The van der Waals surface area contributed by atoms with Crippen LogP contribution in [0.15, 0.2) is 12.1 Å². The van der Waals surface area contributed by atoms with Gasteiger partial charge in [0, 0.05) is 24.7 Å². The lowest BCUT2D eigenvalue weighted by Crippen LogP contribution is -2.50. The fourth-order valence-corrected chi connectivity index (χ4v) is 2.27. The van der Waals surface area contributed by atoms with E-state index in [4.69, 9.17) is 5.73 Å². The number of nitrogens with zero attached hydrogens (tertiary/aromatic N) is 3. The lowest BCUT2D eigenvalue weighted by atomic mass is 9.90. The second kappa shape index (κ2) is 5.00. The predicted molar refractivity (Wildman–Crippen MR) is 74.2 cm³/mol. The second-order valence-corrected chi connectivity index (χ2v) is 5.13. The normalized spacial score (nSPS) is 18.3. The number of aromatic nitrogens is 1. The maximum absolute atomic E-state index is 10.7. The highest BCUT2D eigenvalue weighted by molar-refractivity contribution is 5.58. The summed E-state index contributed by atoms with van der Waals surface area (Å²) in [5.41, 5.74) is 5.63. The molecule has 0 aromatic carbocycles. The van der Waals surface area contributed by atoms with Gasteiger partial charge in [-0.2, -0.15) is 0 Å². The average molecular weight is 265 g/mol. The van der Waals surface area contributed by atoms with Crippen LogP contribution in [0.25, 0.3) is 0 Å². The first-order valence-electron chi connectivity index (χ1n) is 6.30. The molecule has 1 aromatic heterocycles. The average Bonchev–Trinajstić information content (AvgIpc) is 2.39. The molecule has 0 unspecified atom stereocenters. The van der Waals surface area contributed by atoms with Crippen molar-refractivity contribution in [3.8, 4) is 0 Å². The van der Waals surface area contributed by atoms with E-state index in [1.54, 1.807) is 6.07 Å². The van der Waals surface area contributed by atoms with Crippen LogP contribution in [0.4, 0.5) is 17.3 Å². The van der Waals surface area contributed by atoms with Crippen molar-refractivity contribution < 1.29 is 4.92 Å². The summed E-state index contributed by atoms with van der Waals surface area (Å²) >= 11 is 0. The molecule has 1 aliphatic rings. The standard InChI is InChI=1S/C12H19N5O2/c1-12(14-2)5-7-16(8-6-12)10-4-3-9(17(18)19)11(13)15-10/h3-4,14H,5-8H2,1-2H3,(H2,13,15). The highest BCUT2D eigenvalue weighted by Crippen LogP contribution is 2.27. The number of hydrogen-bond donors (Lipinski definition) is 2. The van der Waals surface area contributed by atoms with Crippen LogP contribution in [0.3, 0.4) is 0 Å². The van der Waals surface area contributed by atoms with Crippen molar-refractivity contribution in [1.29, 1.82) is 0 Å². The molecule has 1 saturated heterocycles. The summed E-state index contributed by atoms with van der Waals surface area (Å²) in [6.45, 7) is 3.92. The van der Waals surface area contributed by atoms with Crippen molar-refractivity contribution in [2.45, 2.75) is 25.3 Å². The van der Waals surface area contributed by atoms with Crippen molar-refractivity contribution in [3.63, 3.8) is 0 Å². The van der Waals surface area contributed by atoms with Gasteiger partial charge in [0.2, 0.25) is 5.82 Å². The van der Waals surface area contributed by atoms with Gasteiger partial charge in [-0.05, 0) is 32.9 Å². The van der Waals surface area contributed by atoms with Gasteiger partial charge in [0.15, 0.2) is 0 Å². The minimum absolute atomic E-state index is 0.0237. The minimum atomic E-state index is -0.514. The number of anilines is 2. The third kappa shape index (κ3) is 2.76. The molecule has 0 radical (unpaired) electrons. The third-order valence-corrected chi connectivity index (χ3v) is 3.88. The zero-order valence-electron chi connectivity index (χ0n) is 11.2. The Hall–Kier alpha value is -1.89. The van der Waals surface area contributed by atoms with Gasteiger partial charge in [-0.15, -0.1) is 0 Å². The van der Waals surface area contributed by atoms with E-state index < -0.39 is 4.92 Å². The molecule has 0 amide bonds. The van der Waals surface area contributed by atoms with E-state index in [-0.39, 0.29) is 17.0 Å². The number of nitrogen functional groups attached to an aromatic ring is 1. The van der Waals surface area contributed by atoms with Crippen molar-refractivity contribution >= 4 is 17.3 Å². The second-order valence-electron chi connectivity index (χ2n) is 5.13. The molecule has 0 atom stereocenters. The highest BCUT2D eigenvalue weighted by atomic mass is 16.6. The zero-order chi connectivity index (χ0) is 14.0. The van der Waals surface area contributed by atoms with Gasteiger partial charge in [-0.3, -0.25) is 10.1 Å². The van der Waals surface area contributed by atoms with Crippen LogP contribution in [-0.4, -0.2) is 35.6 Å². The van der Waals surface area contributed by atoms with Crippen LogP contribution in [0.2, 0.25) is 0 Å². The minimum Gasteiger partial charge on any atom is -0.378 e. The van der Waals surface area contributed by atoms with Crippen LogP contribution in [-0.2, 0) is 0 Å². The van der Waals surface area contributed by atoms with Crippen LogP contribution >= 0.6 is 0 Å². The van der Waals surface area contributed by atoms with Crippen LogP contribution in [0, 0.1) is 10.1 Å². The molecule has 1 fully saturated rings. The van der Waals surface area contributed by atoms with Gasteiger partial charge >= 0.3 is 5.69 Å². The molecule has 19 heavy (non-hydrogen) atoms. The first-order valence-corrected chi connectivity index (χ1v) is 6.30. The molecule has 3 N–H and O–H groups in total. The molecular formula is C12H19N5O2. The number of nitrogens with two attached hydrogens (primary N) is 1. The molecule has 1 aromatic rings. The number of nitrogens with one attached hydrogen (secondary N) is 1. The molecule has 0 spiro atoms. The summed E-state index contributed by atoms with van der Waals surface area (Å²) < 4.78 is 0. The van der Waals surface area contributed by atoms with Crippen molar-refractivity contribution in [3.05, 3.63) is 22.2 Å². The van der Waals surface area contributed by atoms with E-state index >= 15 is 0 Å². The Morgan fingerprint density at radius 1 is 1.47 bits per heavy atom. The molecule has 7 nitrogen and oxygen atoms in total. The van der Waals surface area contributed by atoms with Crippen LogP contribution in [0.5, 0.6) is 0 Å². The summed E-state index contributed by atoms with van der Waals surface area (Å²) in [6.07, 6.45) is 2.00. The molecule has 0 aliphatic carbocycles. The van der Waals surface area contributed by atoms with Gasteiger partial charge in [0.05, 0.1) is 4.92 Å². The summed E-state index contributed by atoms with van der Waals surface area (Å²) in [4.78, 5) is 16.4. The highest BCUT2D eigenvalue weighted by Gasteiger charge is 2.29. The van der Waals surface area contributed by atoms with Gasteiger partial charge in [0.1, 0.15) is 5.82 Å². The number of hydrogen-bond acceptors (Lipinski definition) is 6. The summed E-state index contributed by atoms with van der Waals surface area (Å²) in [7, 11) is 1.97. The quantitative estimate of drug-likeness (QED) is 0.628. The van der Waals surface area contributed by atoms with Gasteiger partial charge in [0.25, 0.3) is 0 Å². The molecule has 1 aliphatic heterocycles. The first kappa shape index (κ1) is 13.5. The van der Waals surface area contributed by atoms with Gasteiger partial charge in [-0.1, -0.05) is 0 Å². The smallest absolute Gasteiger partial charge is 0.311 e. The fourth-order valence-electron chi connectivity index (χ4n) is 2.27. The molecular weight excluding hydrogens is 246 g/mol. The van der Waals surface area contributed by atoms with Gasteiger partial charge < -0.3 is 16.0 Å². The Morgan fingerprint density at radius 2 is 2.11 bits per heavy atom. The van der Waals surface area contributed by atoms with E-state index in [1.165, 1.54) is 6.07 Å².